The second-order valence-corrected chi connectivity index (χ2v) is 6.46. The highest BCUT2D eigenvalue weighted by atomic mass is 16.2. The van der Waals surface area contributed by atoms with Crippen LogP contribution in [-0.2, 0) is 9.59 Å². The summed E-state index contributed by atoms with van der Waals surface area (Å²) in [7, 11) is 2.06. The summed E-state index contributed by atoms with van der Waals surface area (Å²) in [6.07, 6.45) is 5.33. The minimum absolute atomic E-state index is 0.185. The average molecular weight is 357 g/mol. The summed E-state index contributed by atoms with van der Waals surface area (Å²) in [5.74, 6) is 0.952. The van der Waals surface area contributed by atoms with Crippen molar-refractivity contribution < 1.29 is 9.59 Å². The van der Waals surface area contributed by atoms with Gasteiger partial charge >= 0.3 is 0 Å². The summed E-state index contributed by atoms with van der Waals surface area (Å²) in [6.45, 7) is 17.5. The number of amides is 1. The van der Waals surface area contributed by atoms with Crippen molar-refractivity contribution in [1.82, 2.24) is 9.80 Å². The molecule has 2 rings (SSSR count). The SMILES string of the molecule is CC.CC.CC(=O)C1CCN(C(=O)[C@@H]2CCN(C)C2)CC1.CCCC. The van der Waals surface area contributed by atoms with Crippen molar-refractivity contribution >= 4 is 11.7 Å². The van der Waals surface area contributed by atoms with Crippen molar-refractivity contribution in [2.75, 3.05) is 33.2 Å². The largest absolute Gasteiger partial charge is 0.342 e. The maximum atomic E-state index is 12.2. The fraction of sp³-hybridized carbons (Fsp3) is 0.905. The van der Waals surface area contributed by atoms with Gasteiger partial charge in [0.1, 0.15) is 5.78 Å². The lowest BCUT2D eigenvalue weighted by Crippen LogP contribution is -2.43. The van der Waals surface area contributed by atoms with E-state index in [0.717, 1.165) is 45.4 Å². The predicted molar refractivity (Wildman–Crippen MR) is 109 cm³/mol. The third kappa shape index (κ3) is 10.6. The van der Waals surface area contributed by atoms with Crippen molar-refractivity contribution in [2.45, 2.75) is 80.6 Å². The zero-order valence-corrected chi connectivity index (χ0v) is 18.2. The third-order valence-corrected chi connectivity index (χ3v) is 4.62. The van der Waals surface area contributed by atoms with E-state index in [4.69, 9.17) is 0 Å². The number of piperidine rings is 1. The second-order valence-electron chi connectivity index (χ2n) is 6.46. The minimum atomic E-state index is 0.185. The van der Waals surface area contributed by atoms with Crippen LogP contribution in [0, 0.1) is 11.8 Å². The molecule has 2 saturated heterocycles. The summed E-state index contributed by atoms with van der Waals surface area (Å²) < 4.78 is 0. The Morgan fingerprint density at radius 1 is 0.840 bits per heavy atom. The summed E-state index contributed by atoms with van der Waals surface area (Å²) >= 11 is 0. The molecule has 2 fully saturated rings. The topological polar surface area (TPSA) is 40.6 Å². The molecule has 4 heteroatoms. The van der Waals surface area contributed by atoms with E-state index in [9.17, 15) is 9.59 Å². The van der Waals surface area contributed by atoms with Crippen LogP contribution in [0.3, 0.4) is 0 Å². The lowest BCUT2D eigenvalue weighted by Gasteiger charge is -2.32. The Hall–Kier alpha value is -0.900. The van der Waals surface area contributed by atoms with Gasteiger partial charge in [-0.15, -0.1) is 0 Å². The molecule has 0 N–H and O–H groups in total. The molecule has 0 radical (unpaired) electrons. The summed E-state index contributed by atoms with van der Waals surface area (Å²) in [6, 6.07) is 0. The first kappa shape index (κ1) is 26.3. The van der Waals surface area contributed by atoms with Gasteiger partial charge < -0.3 is 9.80 Å². The molecule has 0 aromatic rings. The number of hydrogen-bond acceptors (Lipinski definition) is 3. The summed E-state index contributed by atoms with van der Waals surface area (Å²) in [5, 5.41) is 0. The molecule has 1 amide bonds. The Labute approximate surface area is 157 Å². The molecule has 25 heavy (non-hydrogen) atoms. The van der Waals surface area contributed by atoms with Crippen molar-refractivity contribution in [3.63, 3.8) is 0 Å². The average Bonchev–Trinajstić information content (AvgIpc) is 3.11. The van der Waals surface area contributed by atoms with Crippen molar-refractivity contribution in [1.29, 1.82) is 0 Å². The molecule has 2 aliphatic heterocycles. The Bertz CT molecular complexity index is 335. The van der Waals surface area contributed by atoms with Crippen LogP contribution in [-0.4, -0.2) is 54.7 Å². The number of likely N-dealkylation sites (tertiary alicyclic amines) is 2. The van der Waals surface area contributed by atoms with Crippen molar-refractivity contribution in [3.05, 3.63) is 0 Å². The van der Waals surface area contributed by atoms with Gasteiger partial charge in [-0.3, -0.25) is 9.59 Å². The molecular formula is C21H44N2O2. The van der Waals surface area contributed by atoms with Gasteiger partial charge in [0, 0.05) is 25.6 Å². The second kappa shape index (κ2) is 16.6. The van der Waals surface area contributed by atoms with Gasteiger partial charge in [-0.25, -0.2) is 0 Å². The minimum Gasteiger partial charge on any atom is -0.342 e. The number of hydrogen-bond donors (Lipinski definition) is 0. The number of rotatable bonds is 3. The van der Waals surface area contributed by atoms with E-state index in [0.29, 0.717) is 5.91 Å². The molecule has 0 bridgehead atoms. The fourth-order valence-electron chi connectivity index (χ4n) is 2.90. The molecular weight excluding hydrogens is 312 g/mol. The highest BCUT2D eigenvalue weighted by molar-refractivity contribution is 5.81. The Morgan fingerprint density at radius 3 is 1.60 bits per heavy atom. The maximum absolute atomic E-state index is 12.2. The van der Waals surface area contributed by atoms with E-state index in [1.165, 1.54) is 12.8 Å². The number of unbranched alkanes of at least 4 members (excludes halogenated alkanes) is 1. The monoisotopic (exact) mass is 356 g/mol. The Balaban J connectivity index is 0. The van der Waals surface area contributed by atoms with Gasteiger partial charge in [0.05, 0.1) is 5.92 Å². The predicted octanol–water partition coefficient (Wildman–Crippen LogP) is 4.62. The number of carbonyl (C=O) groups is 2. The Kier molecular flexibility index (Phi) is 17.4. The molecule has 0 aliphatic carbocycles. The Morgan fingerprint density at radius 2 is 1.28 bits per heavy atom. The lowest BCUT2D eigenvalue weighted by atomic mass is 9.92. The molecule has 1 atom stereocenters. The first-order valence-corrected chi connectivity index (χ1v) is 10.5. The van der Waals surface area contributed by atoms with E-state index >= 15 is 0 Å². The highest BCUT2D eigenvalue weighted by Crippen LogP contribution is 2.22. The molecule has 0 aromatic carbocycles. The molecule has 2 aliphatic rings. The number of nitrogens with zero attached hydrogens (tertiary/aromatic N) is 2. The molecule has 2 heterocycles. The first-order chi connectivity index (χ1) is 12.0. The summed E-state index contributed by atoms with van der Waals surface area (Å²) in [4.78, 5) is 27.7. The normalized spacial score (nSPS) is 20.3. The van der Waals surface area contributed by atoms with E-state index in [1.807, 2.05) is 32.6 Å². The smallest absolute Gasteiger partial charge is 0.227 e. The molecule has 0 aromatic heterocycles. The van der Waals surface area contributed by atoms with Crippen LogP contribution in [0.15, 0.2) is 0 Å². The van der Waals surface area contributed by atoms with Crippen LogP contribution in [0.4, 0.5) is 0 Å². The van der Waals surface area contributed by atoms with Gasteiger partial charge in [-0.05, 0) is 39.8 Å². The molecule has 0 spiro atoms. The quantitative estimate of drug-likeness (QED) is 0.740. The first-order valence-electron chi connectivity index (χ1n) is 10.5. The molecule has 0 saturated carbocycles. The van der Waals surface area contributed by atoms with Crippen molar-refractivity contribution in [3.8, 4) is 0 Å². The molecule has 4 nitrogen and oxygen atoms in total. The van der Waals surface area contributed by atoms with Crippen LogP contribution < -0.4 is 0 Å². The zero-order chi connectivity index (χ0) is 19.8. The van der Waals surface area contributed by atoms with Crippen LogP contribution in [0.5, 0.6) is 0 Å². The standard InChI is InChI=1S/C13H22N2O2.C4H10.2C2H6/c1-10(16)11-4-7-15(8-5-11)13(17)12-3-6-14(2)9-12;1-3-4-2;2*1-2/h11-12H,3-9H2,1-2H3;3-4H2,1-2H3;2*1-2H3/t12-;;;/m1.../s1. The third-order valence-electron chi connectivity index (χ3n) is 4.62. The van der Waals surface area contributed by atoms with Gasteiger partial charge in [-0.1, -0.05) is 54.4 Å². The van der Waals surface area contributed by atoms with Crippen LogP contribution >= 0.6 is 0 Å². The van der Waals surface area contributed by atoms with E-state index in [2.05, 4.69) is 25.8 Å². The fourth-order valence-corrected chi connectivity index (χ4v) is 2.90. The van der Waals surface area contributed by atoms with Crippen LogP contribution in [0.25, 0.3) is 0 Å². The zero-order valence-electron chi connectivity index (χ0n) is 18.2. The molecule has 0 unspecified atom stereocenters. The van der Waals surface area contributed by atoms with E-state index < -0.39 is 0 Å². The van der Waals surface area contributed by atoms with Crippen LogP contribution in [0.2, 0.25) is 0 Å². The molecule has 150 valence electrons. The number of ketones is 1. The van der Waals surface area contributed by atoms with Gasteiger partial charge in [0.2, 0.25) is 5.91 Å². The number of carbonyl (C=O) groups excluding carboxylic acids is 2. The van der Waals surface area contributed by atoms with Crippen molar-refractivity contribution in [2.24, 2.45) is 11.8 Å². The summed E-state index contributed by atoms with van der Waals surface area (Å²) in [5.41, 5.74) is 0. The highest BCUT2D eigenvalue weighted by Gasteiger charge is 2.32. The lowest BCUT2D eigenvalue weighted by molar-refractivity contribution is -0.138. The van der Waals surface area contributed by atoms with Crippen LogP contribution in [0.1, 0.15) is 80.6 Å². The van der Waals surface area contributed by atoms with E-state index in [-0.39, 0.29) is 17.6 Å². The van der Waals surface area contributed by atoms with Gasteiger partial charge in [0.25, 0.3) is 0 Å². The van der Waals surface area contributed by atoms with E-state index in [1.54, 1.807) is 6.92 Å². The van der Waals surface area contributed by atoms with Gasteiger partial charge in [-0.2, -0.15) is 0 Å². The van der Waals surface area contributed by atoms with Gasteiger partial charge in [0.15, 0.2) is 0 Å². The maximum Gasteiger partial charge on any atom is 0.227 e. The number of Topliss-reactive ketones (excluding diaryl/α,β-unsaturated/α-hetero) is 1.